The molecule has 0 fully saturated rings. The van der Waals surface area contributed by atoms with Crippen LogP contribution in [0.5, 0.6) is 0 Å². The number of aromatic nitrogens is 1. The van der Waals surface area contributed by atoms with Gasteiger partial charge in [-0.1, -0.05) is 6.92 Å². The average Bonchev–Trinajstić information content (AvgIpc) is 2.22. The molecule has 0 amide bonds. The van der Waals surface area contributed by atoms with Crippen LogP contribution in [-0.2, 0) is 9.53 Å². The lowest BCUT2D eigenvalue weighted by molar-refractivity contribution is -0.147. The number of carbonyl (C=O) groups excluding carboxylic acids is 1. The lowest BCUT2D eigenvalue weighted by Gasteiger charge is -2.16. The molecular formula is C12H17NO3. The van der Waals surface area contributed by atoms with Gasteiger partial charge in [-0.15, -0.1) is 0 Å². The standard InChI is InChI=1S/C12H17NO3/c1-4-10(12(15)16-5-2)13-7-6-9(3)8-11(13)14/h6-8,10H,4-5H2,1-3H3. The fourth-order valence-electron chi connectivity index (χ4n) is 1.56. The Morgan fingerprint density at radius 1 is 1.50 bits per heavy atom. The number of ether oxygens (including phenoxy) is 1. The van der Waals surface area contributed by atoms with Crippen LogP contribution in [0.25, 0.3) is 0 Å². The Morgan fingerprint density at radius 3 is 2.69 bits per heavy atom. The molecule has 1 unspecified atom stereocenters. The van der Waals surface area contributed by atoms with Crippen LogP contribution in [-0.4, -0.2) is 17.1 Å². The monoisotopic (exact) mass is 223 g/mol. The highest BCUT2D eigenvalue weighted by molar-refractivity contribution is 5.74. The van der Waals surface area contributed by atoms with Crippen molar-refractivity contribution < 1.29 is 9.53 Å². The average molecular weight is 223 g/mol. The van der Waals surface area contributed by atoms with Gasteiger partial charge in [0, 0.05) is 12.3 Å². The zero-order valence-corrected chi connectivity index (χ0v) is 9.90. The summed E-state index contributed by atoms with van der Waals surface area (Å²) in [6, 6.07) is 2.80. The highest BCUT2D eigenvalue weighted by Gasteiger charge is 2.20. The molecule has 88 valence electrons. The summed E-state index contributed by atoms with van der Waals surface area (Å²) in [5, 5.41) is 0. The van der Waals surface area contributed by atoms with Crippen molar-refractivity contribution in [2.75, 3.05) is 6.61 Å². The smallest absolute Gasteiger partial charge is 0.329 e. The zero-order valence-electron chi connectivity index (χ0n) is 9.90. The van der Waals surface area contributed by atoms with Crippen molar-refractivity contribution in [3.8, 4) is 0 Å². The molecule has 0 aromatic carbocycles. The fourth-order valence-corrected chi connectivity index (χ4v) is 1.56. The Bertz CT molecular complexity index is 423. The molecule has 0 aliphatic heterocycles. The van der Waals surface area contributed by atoms with Gasteiger partial charge >= 0.3 is 5.97 Å². The van der Waals surface area contributed by atoms with Gasteiger partial charge in [0.2, 0.25) is 0 Å². The van der Waals surface area contributed by atoms with E-state index in [1.807, 2.05) is 19.9 Å². The minimum Gasteiger partial charge on any atom is -0.464 e. The van der Waals surface area contributed by atoms with E-state index in [0.717, 1.165) is 5.56 Å². The Hall–Kier alpha value is -1.58. The number of nitrogens with zero attached hydrogens (tertiary/aromatic N) is 1. The third kappa shape index (κ3) is 2.72. The van der Waals surface area contributed by atoms with Gasteiger partial charge in [-0.25, -0.2) is 4.79 Å². The van der Waals surface area contributed by atoms with E-state index in [9.17, 15) is 9.59 Å². The van der Waals surface area contributed by atoms with Crippen molar-refractivity contribution >= 4 is 5.97 Å². The molecule has 0 saturated heterocycles. The first-order valence-corrected chi connectivity index (χ1v) is 5.45. The summed E-state index contributed by atoms with van der Waals surface area (Å²) >= 11 is 0. The van der Waals surface area contributed by atoms with Crippen molar-refractivity contribution in [3.05, 3.63) is 34.2 Å². The summed E-state index contributed by atoms with van der Waals surface area (Å²) in [6.07, 6.45) is 2.19. The first kappa shape index (κ1) is 12.5. The quantitative estimate of drug-likeness (QED) is 0.729. The minimum absolute atomic E-state index is 0.167. The van der Waals surface area contributed by atoms with Crippen molar-refractivity contribution in [1.82, 2.24) is 4.57 Å². The van der Waals surface area contributed by atoms with Gasteiger partial charge in [0.1, 0.15) is 6.04 Å². The van der Waals surface area contributed by atoms with Crippen molar-refractivity contribution in [2.45, 2.75) is 33.2 Å². The fraction of sp³-hybridized carbons (Fsp3) is 0.500. The van der Waals surface area contributed by atoms with Crippen LogP contribution >= 0.6 is 0 Å². The van der Waals surface area contributed by atoms with Gasteiger partial charge in [0.25, 0.3) is 5.56 Å². The molecule has 1 rings (SSSR count). The van der Waals surface area contributed by atoms with Crippen molar-refractivity contribution in [2.24, 2.45) is 0 Å². The summed E-state index contributed by atoms with van der Waals surface area (Å²) < 4.78 is 6.36. The summed E-state index contributed by atoms with van der Waals surface area (Å²) in [5.41, 5.74) is 0.722. The molecule has 1 aromatic heterocycles. The van der Waals surface area contributed by atoms with Gasteiger partial charge in [0.15, 0.2) is 0 Å². The molecule has 0 aliphatic rings. The third-order valence-corrected chi connectivity index (χ3v) is 2.38. The molecule has 1 aromatic rings. The summed E-state index contributed by atoms with van der Waals surface area (Å²) in [5.74, 6) is -0.351. The van der Waals surface area contributed by atoms with E-state index < -0.39 is 6.04 Å². The lowest BCUT2D eigenvalue weighted by Crippen LogP contribution is -2.30. The zero-order chi connectivity index (χ0) is 12.1. The number of aryl methyl sites for hydroxylation is 1. The predicted octanol–water partition coefficient (Wildman–Crippen LogP) is 1.67. The number of hydrogen-bond donors (Lipinski definition) is 0. The SMILES string of the molecule is CCOC(=O)C(CC)n1ccc(C)cc1=O. The van der Waals surface area contributed by atoms with Gasteiger partial charge in [-0.2, -0.15) is 0 Å². The molecule has 0 spiro atoms. The second-order valence-corrected chi connectivity index (χ2v) is 3.63. The molecule has 1 atom stereocenters. The number of esters is 1. The molecule has 4 heteroatoms. The summed E-state index contributed by atoms with van der Waals surface area (Å²) in [7, 11) is 0. The van der Waals surface area contributed by atoms with Crippen LogP contribution in [0.4, 0.5) is 0 Å². The molecule has 0 radical (unpaired) electrons. The van der Waals surface area contributed by atoms with Gasteiger partial charge < -0.3 is 9.30 Å². The Balaban J connectivity index is 3.04. The highest BCUT2D eigenvalue weighted by atomic mass is 16.5. The topological polar surface area (TPSA) is 48.3 Å². The molecule has 16 heavy (non-hydrogen) atoms. The van der Waals surface area contributed by atoms with Crippen LogP contribution in [0.1, 0.15) is 31.9 Å². The molecular weight excluding hydrogens is 206 g/mol. The maximum atomic E-state index is 11.7. The molecule has 1 heterocycles. The van der Waals surface area contributed by atoms with Crippen LogP contribution in [0, 0.1) is 6.92 Å². The largest absolute Gasteiger partial charge is 0.464 e. The van der Waals surface area contributed by atoms with Crippen LogP contribution in [0.15, 0.2) is 23.1 Å². The van der Waals surface area contributed by atoms with E-state index in [1.54, 1.807) is 13.1 Å². The number of rotatable bonds is 4. The van der Waals surface area contributed by atoms with Crippen LogP contribution in [0.3, 0.4) is 0 Å². The van der Waals surface area contributed by atoms with Gasteiger partial charge in [-0.05, 0) is 31.9 Å². The number of hydrogen-bond acceptors (Lipinski definition) is 3. The predicted molar refractivity (Wildman–Crippen MR) is 61.4 cm³/mol. The van der Waals surface area contributed by atoms with E-state index in [2.05, 4.69) is 0 Å². The Kier molecular flexibility index (Phi) is 4.28. The Labute approximate surface area is 94.9 Å². The second-order valence-electron chi connectivity index (χ2n) is 3.63. The first-order chi connectivity index (χ1) is 7.60. The van der Waals surface area contributed by atoms with E-state index >= 15 is 0 Å². The van der Waals surface area contributed by atoms with Crippen LogP contribution < -0.4 is 5.56 Å². The van der Waals surface area contributed by atoms with E-state index in [0.29, 0.717) is 13.0 Å². The van der Waals surface area contributed by atoms with E-state index in [1.165, 1.54) is 10.6 Å². The van der Waals surface area contributed by atoms with E-state index in [4.69, 9.17) is 4.74 Å². The third-order valence-electron chi connectivity index (χ3n) is 2.38. The van der Waals surface area contributed by atoms with Crippen LogP contribution in [0.2, 0.25) is 0 Å². The molecule has 0 saturated carbocycles. The highest BCUT2D eigenvalue weighted by Crippen LogP contribution is 2.11. The summed E-state index contributed by atoms with van der Waals surface area (Å²) in [6.45, 7) is 5.78. The first-order valence-electron chi connectivity index (χ1n) is 5.45. The molecule has 0 N–H and O–H groups in total. The normalized spacial score (nSPS) is 12.2. The van der Waals surface area contributed by atoms with Crippen molar-refractivity contribution in [1.29, 1.82) is 0 Å². The number of pyridine rings is 1. The maximum absolute atomic E-state index is 11.7. The molecule has 4 nitrogen and oxygen atoms in total. The number of carbonyl (C=O) groups is 1. The van der Waals surface area contributed by atoms with Gasteiger partial charge in [0.05, 0.1) is 6.61 Å². The maximum Gasteiger partial charge on any atom is 0.329 e. The van der Waals surface area contributed by atoms with E-state index in [-0.39, 0.29) is 11.5 Å². The summed E-state index contributed by atoms with van der Waals surface area (Å²) in [4.78, 5) is 23.3. The van der Waals surface area contributed by atoms with Crippen molar-refractivity contribution in [3.63, 3.8) is 0 Å². The minimum atomic E-state index is -0.520. The lowest BCUT2D eigenvalue weighted by atomic mass is 10.2. The second kappa shape index (κ2) is 5.49. The molecule has 0 aliphatic carbocycles. The Morgan fingerprint density at radius 2 is 2.19 bits per heavy atom. The molecule has 0 bridgehead atoms. The van der Waals surface area contributed by atoms with Gasteiger partial charge in [-0.3, -0.25) is 4.79 Å².